The molecule has 6 heteroatoms. The summed E-state index contributed by atoms with van der Waals surface area (Å²) in [5, 5.41) is 3.13. The Morgan fingerprint density at radius 1 is 1.23 bits per heavy atom. The molecule has 0 aliphatic carbocycles. The summed E-state index contributed by atoms with van der Waals surface area (Å²) >= 11 is 0. The fourth-order valence-electron chi connectivity index (χ4n) is 5.57. The average Bonchev–Trinajstić information content (AvgIpc) is 3.49. The molecule has 0 unspecified atom stereocenters. The lowest BCUT2D eigenvalue weighted by molar-refractivity contribution is -0.120. The largest absolute Gasteiger partial charge is 0.459 e. The van der Waals surface area contributed by atoms with E-state index in [-0.39, 0.29) is 35.4 Å². The second-order valence-electron chi connectivity index (χ2n) is 9.09. The van der Waals surface area contributed by atoms with Gasteiger partial charge in [0.05, 0.1) is 30.9 Å². The van der Waals surface area contributed by atoms with Gasteiger partial charge >= 0.3 is 0 Å². The molecule has 30 heavy (non-hydrogen) atoms. The van der Waals surface area contributed by atoms with Crippen molar-refractivity contribution in [3.05, 3.63) is 59.0 Å². The molecule has 1 aromatic carbocycles. The van der Waals surface area contributed by atoms with Gasteiger partial charge in [-0.15, -0.1) is 0 Å². The smallest absolute Gasteiger partial charge is 0.289 e. The first-order valence-corrected chi connectivity index (χ1v) is 10.8. The first-order chi connectivity index (χ1) is 14.4. The quantitative estimate of drug-likeness (QED) is 0.826. The Labute approximate surface area is 176 Å². The number of hydrogen-bond donors (Lipinski definition) is 1. The van der Waals surface area contributed by atoms with Crippen LogP contribution in [0.4, 0.5) is 0 Å². The zero-order chi connectivity index (χ0) is 20.9. The molecule has 4 atom stereocenters. The lowest BCUT2D eigenvalue weighted by atomic mass is 9.73. The van der Waals surface area contributed by atoms with Crippen molar-refractivity contribution in [3.63, 3.8) is 0 Å². The average molecular weight is 408 g/mol. The number of benzene rings is 1. The predicted molar refractivity (Wildman–Crippen MR) is 111 cm³/mol. The van der Waals surface area contributed by atoms with Gasteiger partial charge in [0.1, 0.15) is 0 Å². The van der Waals surface area contributed by atoms with E-state index in [0.717, 1.165) is 18.4 Å². The Balaban J connectivity index is 1.22. The SMILES string of the molecule is Cc1ccc(CC(=O)NC[C@H]2[C@H]3CN(C(=O)c4ccco4)C[C@]34CC[C@H]2O4)cc1C. The number of fused-ring (bicyclic) bond motifs is 1. The van der Waals surface area contributed by atoms with Crippen LogP contribution in [-0.2, 0) is 16.0 Å². The summed E-state index contributed by atoms with van der Waals surface area (Å²) in [7, 11) is 0. The van der Waals surface area contributed by atoms with Crippen LogP contribution in [0.5, 0.6) is 0 Å². The second kappa shape index (κ2) is 7.27. The molecule has 0 saturated carbocycles. The van der Waals surface area contributed by atoms with E-state index in [2.05, 4.69) is 31.3 Å². The molecule has 1 spiro atoms. The Bertz CT molecular complexity index is 970. The molecule has 3 aliphatic heterocycles. The highest BCUT2D eigenvalue weighted by atomic mass is 16.5. The van der Waals surface area contributed by atoms with E-state index in [1.807, 2.05) is 11.0 Å². The van der Waals surface area contributed by atoms with Crippen LogP contribution in [0.2, 0.25) is 0 Å². The van der Waals surface area contributed by atoms with Gasteiger partial charge in [0.25, 0.3) is 5.91 Å². The first kappa shape index (κ1) is 19.4. The third-order valence-corrected chi connectivity index (χ3v) is 7.27. The van der Waals surface area contributed by atoms with Gasteiger partial charge in [-0.2, -0.15) is 0 Å². The van der Waals surface area contributed by atoms with Gasteiger partial charge in [0.2, 0.25) is 5.91 Å². The molecule has 5 rings (SSSR count). The molecule has 3 saturated heterocycles. The lowest BCUT2D eigenvalue weighted by Gasteiger charge is -2.29. The van der Waals surface area contributed by atoms with Crippen molar-refractivity contribution in [1.82, 2.24) is 10.2 Å². The topological polar surface area (TPSA) is 71.8 Å². The van der Waals surface area contributed by atoms with E-state index >= 15 is 0 Å². The van der Waals surface area contributed by atoms with Crippen LogP contribution in [0.1, 0.15) is 40.1 Å². The minimum atomic E-state index is -0.254. The number of likely N-dealkylation sites (tertiary alicyclic amines) is 1. The molecular weight excluding hydrogens is 380 g/mol. The van der Waals surface area contributed by atoms with Crippen molar-refractivity contribution in [2.45, 2.75) is 44.8 Å². The van der Waals surface area contributed by atoms with E-state index in [1.165, 1.54) is 17.4 Å². The molecule has 0 radical (unpaired) electrons. The molecular formula is C24H28N2O4. The molecule has 1 aromatic heterocycles. The maximum atomic E-state index is 12.7. The summed E-state index contributed by atoms with van der Waals surface area (Å²) in [6.07, 6.45) is 4.07. The van der Waals surface area contributed by atoms with Crippen molar-refractivity contribution in [2.75, 3.05) is 19.6 Å². The summed E-state index contributed by atoms with van der Waals surface area (Å²) in [6.45, 7) is 6.02. The number of hydrogen-bond acceptors (Lipinski definition) is 4. The summed E-state index contributed by atoms with van der Waals surface area (Å²) in [6, 6.07) is 9.61. The third-order valence-electron chi connectivity index (χ3n) is 7.27. The van der Waals surface area contributed by atoms with Crippen LogP contribution in [0, 0.1) is 25.7 Å². The minimum Gasteiger partial charge on any atom is -0.459 e. The molecule has 2 amide bonds. The van der Waals surface area contributed by atoms with Crippen LogP contribution in [-0.4, -0.2) is 48.1 Å². The molecule has 1 N–H and O–H groups in total. The van der Waals surface area contributed by atoms with Gasteiger partial charge in [-0.1, -0.05) is 18.2 Å². The number of carbonyl (C=O) groups excluding carboxylic acids is 2. The Morgan fingerprint density at radius 3 is 2.87 bits per heavy atom. The standard InChI is InChI=1S/C24H28N2O4/c1-15-5-6-17(10-16(15)2)11-22(27)25-12-18-19-13-26(23(28)21-4-3-9-29-21)14-24(19)8-7-20(18)30-24/h3-6,9-10,18-20H,7-8,11-14H2,1-2H3,(H,25,27)/t18-,19+,20+,24+/m0/s1. The summed E-state index contributed by atoms with van der Waals surface area (Å²) in [5.41, 5.74) is 3.22. The molecule has 2 aromatic rings. The molecule has 4 heterocycles. The van der Waals surface area contributed by atoms with Crippen LogP contribution < -0.4 is 5.32 Å². The van der Waals surface area contributed by atoms with E-state index in [0.29, 0.717) is 31.8 Å². The van der Waals surface area contributed by atoms with Gasteiger partial charge in [0.15, 0.2) is 5.76 Å². The highest BCUT2D eigenvalue weighted by molar-refractivity contribution is 5.91. The van der Waals surface area contributed by atoms with Gasteiger partial charge in [0, 0.05) is 24.9 Å². The van der Waals surface area contributed by atoms with Crippen LogP contribution >= 0.6 is 0 Å². The first-order valence-electron chi connectivity index (χ1n) is 10.8. The van der Waals surface area contributed by atoms with Gasteiger partial charge in [-0.3, -0.25) is 9.59 Å². The third kappa shape index (κ3) is 3.23. The highest BCUT2D eigenvalue weighted by Crippen LogP contribution is 2.54. The Kier molecular flexibility index (Phi) is 4.69. The second-order valence-corrected chi connectivity index (χ2v) is 9.09. The van der Waals surface area contributed by atoms with Crippen LogP contribution in [0.15, 0.2) is 41.0 Å². The molecule has 2 bridgehead atoms. The fourth-order valence-corrected chi connectivity index (χ4v) is 5.57. The molecule has 3 fully saturated rings. The number of ether oxygens (including phenoxy) is 1. The lowest BCUT2D eigenvalue weighted by Crippen LogP contribution is -2.42. The zero-order valence-electron chi connectivity index (χ0n) is 17.5. The maximum absolute atomic E-state index is 12.7. The highest BCUT2D eigenvalue weighted by Gasteiger charge is 2.63. The zero-order valence-corrected chi connectivity index (χ0v) is 17.5. The number of rotatable bonds is 5. The van der Waals surface area contributed by atoms with Crippen molar-refractivity contribution < 1.29 is 18.7 Å². The van der Waals surface area contributed by atoms with Crippen molar-refractivity contribution in [2.24, 2.45) is 11.8 Å². The number of nitrogens with one attached hydrogen (secondary N) is 1. The Hall–Kier alpha value is -2.60. The molecule has 3 aliphatic rings. The molecule has 158 valence electrons. The summed E-state index contributed by atoms with van der Waals surface area (Å²) in [5.74, 6) is 0.845. The van der Waals surface area contributed by atoms with Crippen molar-refractivity contribution in [3.8, 4) is 0 Å². The predicted octanol–water partition coefficient (Wildman–Crippen LogP) is 2.87. The van der Waals surface area contributed by atoms with Crippen molar-refractivity contribution in [1.29, 1.82) is 0 Å². The van der Waals surface area contributed by atoms with Gasteiger partial charge in [-0.25, -0.2) is 0 Å². The van der Waals surface area contributed by atoms with Crippen molar-refractivity contribution >= 4 is 11.8 Å². The maximum Gasteiger partial charge on any atom is 0.289 e. The molecule has 6 nitrogen and oxygen atoms in total. The van der Waals surface area contributed by atoms with E-state index < -0.39 is 0 Å². The number of amides is 2. The number of carbonyl (C=O) groups is 2. The summed E-state index contributed by atoms with van der Waals surface area (Å²) < 4.78 is 11.7. The number of aryl methyl sites for hydroxylation is 2. The number of furan rings is 1. The fraction of sp³-hybridized carbons (Fsp3) is 0.500. The normalized spacial score (nSPS) is 29.3. The monoisotopic (exact) mass is 408 g/mol. The number of nitrogens with zero attached hydrogens (tertiary/aromatic N) is 1. The van der Waals surface area contributed by atoms with Crippen LogP contribution in [0.25, 0.3) is 0 Å². The minimum absolute atomic E-state index is 0.0385. The van der Waals surface area contributed by atoms with Crippen LogP contribution in [0.3, 0.4) is 0 Å². The van der Waals surface area contributed by atoms with E-state index in [9.17, 15) is 9.59 Å². The van der Waals surface area contributed by atoms with E-state index in [1.54, 1.807) is 12.1 Å². The van der Waals surface area contributed by atoms with E-state index in [4.69, 9.17) is 9.15 Å². The summed E-state index contributed by atoms with van der Waals surface area (Å²) in [4.78, 5) is 27.2. The van der Waals surface area contributed by atoms with Gasteiger partial charge < -0.3 is 19.4 Å². The Morgan fingerprint density at radius 2 is 2.10 bits per heavy atom. The van der Waals surface area contributed by atoms with Gasteiger partial charge in [-0.05, 0) is 55.5 Å².